The van der Waals surface area contributed by atoms with E-state index in [-0.39, 0.29) is 20.5 Å². The molecule has 1 saturated heterocycles. The third-order valence-electron chi connectivity index (χ3n) is 5.31. The molecule has 31 heavy (non-hydrogen) atoms. The summed E-state index contributed by atoms with van der Waals surface area (Å²) in [6, 6.07) is 9.79. The molecular weight excluding hydrogens is 413 g/mol. The summed E-state index contributed by atoms with van der Waals surface area (Å²) in [5.74, 6) is -1.17. The SMILES string of the molecule is Cc1ccc(C(=O)c2c(C(F)(F)F)[n+]([O-])c3ccc(N4CCNCC4)cc3[n+]2[O-])cc1. The summed E-state index contributed by atoms with van der Waals surface area (Å²) in [6.45, 7) is 4.44. The molecule has 7 nitrogen and oxygen atoms in total. The van der Waals surface area contributed by atoms with Crippen LogP contribution >= 0.6 is 0 Å². The van der Waals surface area contributed by atoms with Crippen molar-refractivity contribution in [3.63, 3.8) is 0 Å². The van der Waals surface area contributed by atoms with Gasteiger partial charge in [0.1, 0.15) is 0 Å². The van der Waals surface area contributed by atoms with E-state index in [0.29, 0.717) is 31.9 Å². The fraction of sp³-hybridized carbons (Fsp3) is 0.286. The zero-order chi connectivity index (χ0) is 22.3. The number of alkyl halides is 3. The Morgan fingerprint density at radius 2 is 1.65 bits per heavy atom. The molecule has 2 heterocycles. The van der Waals surface area contributed by atoms with E-state index in [2.05, 4.69) is 5.32 Å². The highest BCUT2D eigenvalue weighted by molar-refractivity contribution is 6.07. The van der Waals surface area contributed by atoms with Gasteiger partial charge in [0.05, 0.1) is 0 Å². The average Bonchev–Trinajstić information content (AvgIpc) is 2.75. The van der Waals surface area contributed by atoms with Crippen LogP contribution in [0.3, 0.4) is 0 Å². The van der Waals surface area contributed by atoms with Crippen molar-refractivity contribution in [2.24, 2.45) is 0 Å². The quantitative estimate of drug-likeness (QED) is 0.389. The Kier molecular flexibility index (Phi) is 5.18. The molecule has 1 aromatic heterocycles. The van der Waals surface area contributed by atoms with Crippen LogP contribution in [0.15, 0.2) is 42.5 Å². The van der Waals surface area contributed by atoms with Gasteiger partial charge in [-0.25, -0.2) is 0 Å². The smallest absolute Gasteiger partial charge is 0.486 e. The topological polar surface area (TPSA) is 86.2 Å². The molecule has 10 heteroatoms. The van der Waals surface area contributed by atoms with Gasteiger partial charge in [0.25, 0.3) is 16.8 Å². The number of aryl methyl sites for hydroxylation is 1. The zero-order valence-electron chi connectivity index (χ0n) is 16.6. The highest BCUT2D eigenvalue weighted by atomic mass is 19.4. The molecule has 1 N–H and O–H groups in total. The van der Waals surface area contributed by atoms with Gasteiger partial charge in [-0.3, -0.25) is 4.79 Å². The lowest BCUT2D eigenvalue weighted by Crippen LogP contribution is -2.50. The van der Waals surface area contributed by atoms with E-state index in [0.717, 1.165) is 5.56 Å². The van der Waals surface area contributed by atoms with E-state index < -0.39 is 28.9 Å². The Labute approximate surface area is 175 Å². The van der Waals surface area contributed by atoms with Crippen molar-refractivity contribution in [3.8, 4) is 0 Å². The van der Waals surface area contributed by atoms with Crippen molar-refractivity contribution in [1.82, 2.24) is 5.32 Å². The minimum atomic E-state index is -5.20. The van der Waals surface area contributed by atoms with Crippen LogP contribution in [0.2, 0.25) is 0 Å². The van der Waals surface area contributed by atoms with Gasteiger partial charge >= 0.3 is 17.6 Å². The second-order valence-electron chi connectivity index (χ2n) is 7.39. The Bertz CT molecular complexity index is 1160. The maximum atomic E-state index is 13.8. The maximum Gasteiger partial charge on any atom is 0.486 e. The summed E-state index contributed by atoms with van der Waals surface area (Å²) in [4.78, 5) is 14.9. The van der Waals surface area contributed by atoms with Crippen molar-refractivity contribution >= 4 is 22.5 Å². The third kappa shape index (κ3) is 3.74. The lowest BCUT2D eigenvalue weighted by molar-refractivity contribution is -0.647. The number of rotatable bonds is 3. The molecule has 0 radical (unpaired) electrons. The molecular formula is C21H19F3N4O3. The summed E-state index contributed by atoms with van der Waals surface area (Å²) in [5.41, 5.74) is -2.55. The number of hydrogen-bond donors (Lipinski definition) is 1. The molecule has 0 unspecified atom stereocenters. The Hall–Kier alpha value is -3.40. The van der Waals surface area contributed by atoms with E-state index in [9.17, 15) is 28.4 Å². The predicted molar refractivity (Wildman–Crippen MR) is 107 cm³/mol. The first-order valence-corrected chi connectivity index (χ1v) is 9.65. The van der Waals surface area contributed by atoms with Crippen LogP contribution in [0.4, 0.5) is 18.9 Å². The largest absolute Gasteiger partial charge is 0.618 e. The molecule has 1 aliphatic heterocycles. The molecule has 0 spiro atoms. The summed E-state index contributed by atoms with van der Waals surface area (Å²) in [7, 11) is 0. The summed E-state index contributed by atoms with van der Waals surface area (Å²) >= 11 is 0. The number of anilines is 1. The molecule has 1 aliphatic rings. The van der Waals surface area contributed by atoms with E-state index in [4.69, 9.17) is 0 Å². The van der Waals surface area contributed by atoms with Gasteiger partial charge in [0.15, 0.2) is 0 Å². The minimum Gasteiger partial charge on any atom is -0.618 e. The number of fused-ring (bicyclic) bond motifs is 1. The maximum absolute atomic E-state index is 13.8. The van der Waals surface area contributed by atoms with Crippen molar-refractivity contribution in [1.29, 1.82) is 0 Å². The number of ketones is 1. The van der Waals surface area contributed by atoms with Gasteiger partial charge in [0, 0.05) is 49.6 Å². The molecule has 2 aromatic carbocycles. The number of halogens is 3. The van der Waals surface area contributed by atoms with Crippen LogP contribution in [0, 0.1) is 17.3 Å². The van der Waals surface area contributed by atoms with Crippen LogP contribution in [-0.4, -0.2) is 32.0 Å². The van der Waals surface area contributed by atoms with Gasteiger partial charge in [0.2, 0.25) is 0 Å². The summed E-state index contributed by atoms with van der Waals surface area (Å²) < 4.78 is 40.9. The highest BCUT2D eigenvalue weighted by Crippen LogP contribution is 2.31. The lowest BCUT2D eigenvalue weighted by Gasteiger charge is -2.29. The van der Waals surface area contributed by atoms with Crippen LogP contribution < -0.4 is 19.7 Å². The Balaban J connectivity index is 1.96. The van der Waals surface area contributed by atoms with Gasteiger partial charge in [-0.15, -0.1) is 4.73 Å². The molecule has 0 atom stereocenters. The number of benzene rings is 2. The molecule has 1 fully saturated rings. The van der Waals surface area contributed by atoms with Gasteiger partial charge in [-0.1, -0.05) is 29.8 Å². The van der Waals surface area contributed by atoms with Crippen molar-refractivity contribution in [2.45, 2.75) is 13.1 Å². The van der Waals surface area contributed by atoms with E-state index in [1.165, 1.54) is 30.3 Å². The molecule has 0 saturated carbocycles. The molecule has 0 bridgehead atoms. The molecule has 0 amide bonds. The number of piperazine rings is 1. The Morgan fingerprint density at radius 3 is 2.26 bits per heavy atom. The number of hydrogen-bond acceptors (Lipinski definition) is 5. The summed E-state index contributed by atoms with van der Waals surface area (Å²) in [6.07, 6.45) is -5.20. The highest BCUT2D eigenvalue weighted by Gasteiger charge is 2.51. The zero-order valence-corrected chi connectivity index (χ0v) is 16.6. The van der Waals surface area contributed by atoms with Crippen LogP contribution in [0.25, 0.3) is 11.0 Å². The van der Waals surface area contributed by atoms with Gasteiger partial charge in [-0.2, -0.15) is 17.9 Å². The summed E-state index contributed by atoms with van der Waals surface area (Å²) in [5, 5.41) is 29.0. The van der Waals surface area contributed by atoms with Crippen LogP contribution in [0.1, 0.15) is 27.3 Å². The van der Waals surface area contributed by atoms with E-state index >= 15 is 0 Å². The second-order valence-corrected chi connectivity index (χ2v) is 7.39. The number of nitrogens with zero attached hydrogens (tertiary/aromatic N) is 3. The first-order valence-electron chi connectivity index (χ1n) is 9.65. The number of carbonyl (C=O) groups is 1. The first kappa shape index (κ1) is 20.9. The third-order valence-corrected chi connectivity index (χ3v) is 5.31. The predicted octanol–water partition coefficient (Wildman–Crippen LogP) is 2.07. The van der Waals surface area contributed by atoms with Gasteiger partial charge in [-0.05, 0) is 13.0 Å². The van der Waals surface area contributed by atoms with Gasteiger partial charge < -0.3 is 20.6 Å². The van der Waals surface area contributed by atoms with E-state index in [1.54, 1.807) is 19.1 Å². The monoisotopic (exact) mass is 432 g/mol. The normalized spacial score (nSPS) is 14.8. The van der Waals surface area contributed by atoms with E-state index in [1.807, 2.05) is 4.90 Å². The molecule has 162 valence electrons. The molecule has 0 aliphatic carbocycles. The lowest BCUT2D eigenvalue weighted by atomic mass is 10.0. The van der Waals surface area contributed by atoms with Crippen molar-refractivity contribution in [3.05, 3.63) is 75.4 Å². The van der Waals surface area contributed by atoms with Crippen molar-refractivity contribution < 1.29 is 27.4 Å². The molecule has 4 rings (SSSR count). The fourth-order valence-electron chi connectivity index (χ4n) is 3.69. The fourth-order valence-corrected chi connectivity index (χ4v) is 3.69. The minimum absolute atomic E-state index is 0.0690. The molecule has 3 aromatic rings. The first-order chi connectivity index (χ1) is 14.7. The van der Waals surface area contributed by atoms with Crippen molar-refractivity contribution in [2.75, 3.05) is 31.1 Å². The van der Waals surface area contributed by atoms with Crippen LogP contribution in [-0.2, 0) is 6.18 Å². The number of nitrogens with one attached hydrogen (secondary N) is 1. The number of aromatic nitrogens is 2. The number of carbonyl (C=O) groups excluding carboxylic acids is 1. The van der Waals surface area contributed by atoms with Crippen LogP contribution in [0.5, 0.6) is 0 Å². The Morgan fingerprint density at radius 1 is 1.00 bits per heavy atom. The standard InChI is InChI=1S/C21H19F3N4O3/c1-13-2-4-14(5-3-13)19(29)18-20(21(22,23)24)28(31)16-7-6-15(12-17(16)27(18)30)26-10-8-25-9-11-26/h2-7,12,25H,8-11H2,1H3. The second kappa shape index (κ2) is 7.69. The average molecular weight is 432 g/mol.